The van der Waals surface area contributed by atoms with Crippen LogP contribution < -0.4 is 0 Å². The van der Waals surface area contributed by atoms with E-state index in [1.807, 2.05) is 0 Å². The lowest BCUT2D eigenvalue weighted by Gasteiger charge is -2.33. The summed E-state index contributed by atoms with van der Waals surface area (Å²) < 4.78 is 5.61. The van der Waals surface area contributed by atoms with Crippen LogP contribution in [0.1, 0.15) is 67.7 Å². The number of hydrogen-bond acceptors (Lipinski definition) is 3. The van der Waals surface area contributed by atoms with Crippen LogP contribution in [0.25, 0.3) is 0 Å². The molecular formula is C18H37NO2. The lowest BCUT2D eigenvalue weighted by atomic mass is 9.72. The van der Waals surface area contributed by atoms with Gasteiger partial charge in [-0.05, 0) is 44.7 Å². The molecule has 0 saturated carbocycles. The highest BCUT2D eigenvalue weighted by molar-refractivity contribution is 5.76. The number of carbonyl (C=O) groups excluding carboxylic acids is 1. The molecule has 2 unspecified atom stereocenters. The van der Waals surface area contributed by atoms with Crippen molar-refractivity contribution in [1.82, 2.24) is 4.90 Å². The van der Waals surface area contributed by atoms with Crippen LogP contribution in [-0.2, 0) is 9.53 Å². The third-order valence-electron chi connectivity index (χ3n) is 4.84. The Balaban J connectivity index is 4.49. The van der Waals surface area contributed by atoms with E-state index in [4.69, 9.17) is 4.74 Å². The predicted octanol–water partition coefficient (Wildman–Crippen LogP) is 4.36. The third kappa shape index (κ3) is 6.82. The van der Waals surface area contributed by atoms with Gasteiger partial charge in [0, 0.05) is 6.54 Å². The van der Waals surface area contributed by atoms with Crippen LogP contribution in [-0.4, -0.2) is 37.1 Å². The van der Waals surface area contributed by atoms with Gasteiger partial charge in [-0.2, -0.15) is 0 Å². The zero-order valence-corrected chi connectivity index (χ0v) is 15.4. The fourth-order valence-corrected chi connectivity index (χ4v) is 2.60. The highest BCUT2D eigenvalue weighted by Gasteiger charge is 2.39. The molecular weight excluding hydrogens is 262 g/mol. The Labute approximate surface area is 132 Å². The van der Waals surface area contributed by atoms with Crippen molar-refractivity contribution < 1.29 is 9.53 Å². The van der Waals surface area contributed by atoms with Crippen molar-refractivity contribution in [2.75, 3.05) is 26.2 Å². The van der Waals surface area contributed by atoms with Gasteiger partial charge in [-0.3, -0.25) is 4.79 Å². The lowest BCUT2D eigenvalue weighted by Crippen LogP contribution is -2.38. The Hall–Kier alpha value is -0.570. The van der Waals surface area contributed by atoms with E-state index < -0.39 is 0 Å². The molecule has 3 nitrogen and oxygen atoms in total. The predicted molar refractivity (Wildman–Crippen MR) is 90.4 cm³/mol. The van der Waals surface area contributed by atoms with Gasteiger partial charge in [0.15, 0.2) is 0 Å². The van der Waals surface area contributed by atoms with E-state index in [0.717, 1.165) is 38.9 Å². The average Bonchev–Trinajstić information content (AvgIpc) is 2.45. The summed E-state index contributed by atoms with van der Waals surface area (Å²) in [5.41, 5.74) is -0.364. The summed E-state index contributed by atoms with van der Waals surface area (Å²) in [7, 11) is 0. The molecule has 126 valence electrons. The summed E-state index contributed by atoms with van der Waals surface area (Å²) in [6.45, 7) is 18.5. The van der Waals surface area contributed by atoms with Gasteiger partial charge >= 0.3 is 5.97 Å². The molecule has 0 aromatic rings. The van der Waals surface area contributed by atoms with Crippen molar-refractivity contribution in [3.05, 3.63) is 0 Å². The largest absolute Gasteiger partial charge is 0.464 e. The normalized spacial score (nSPS) is 16.0. The molecule has 0 aliphatic heterocycles. The molecule has 0 radical (unpaired) electrons. The molecule has 0 aromatic carbocycles. The Morgan fingerprint density at radius 3 is 2.19 bits per heavy atom. The maximum atomic E-state index is 12.5. The first-order chi connectivity index (χ1) is 9.81. The van der Waals surface area contributed by atoms with Crippen molar-refractivity contribution >= 4 is 5.97 Å². The van der Waals surface area contributed by atoms with Gasteiger partial charge in [0.2, 0.25) is 0 Å². The van der Waals surface area contributed by atoms with Crippen LogP contribution in [0.5, 0.6) is 0 Å². The number of nitrogens with zero attached hydrogens (tertiary/aromatic N) is 1. The zero-order chi connectivity index (χ0) is 16.5. The van der Waals surface area contributed by atoms with Crippen LogP contribution in [0.15, 0.2) is 0 Å². The fourth-order valence-electron chi connectivity index (χ4n) is 2.60. The molecule has 0 aliphatic carbocycles. The molecule has 0 amide bonds. The first kappa shape index (κ1) is 20.4. The number of rotatable bonds is 11. The summed E-state index contributed by atoms with van der Waals surface area (Å²) >= 11 is 0. The summed E-state index contributed by atoms with van der Waals surface area (Å²) in [6, 6.07) is 0. The van der Waals surface area contributed by atoms with Gasteiger partial charge < -0.3 is 9.64 Å². The van der Waals surface area contributed by atoms with E-state index in [1.54, 1.807) is 0 Å². The number of carbonyl (C=O) groups is 1. The van der Waals surface area contributed by atoms with E-state index in [1.165, 1.54) is 0 Å². The standard InChI is InChI=1S/C18H37NO2/c1-8-11-19(10-3)12-13-21-17(20)18(7,15(4)5)14-16(6)9-2/h15-16H,8-14H2,1-7H3. The molecule has 0 bridgehead atoms. The van der Waals surface area contributed by atoms with Crippen molar-refractivity contribution in [3.63, 3.8) is 0 Å². The van der Waals surface area contributed by atoms with Crippen LogP contribution in [0, 0.1) is 17.3 Å². The monoisotopic (exact) mass is 299 g/mol. The molecule has 0 aliphatic rings. The van der Waals surface area contributed by atoms with Gasteiger partial charge in [0.1, 0.15) is 6.61 Å². The summed E-state index contributed by atoms with van der Waals surface area (Å²) in [5, 5.41) is 0. The maximum absolute atomic E-state index is 12.5. The van der Waals surface area contributed by atoms with Gasteiger partial charge in [-0.15, -0.1) is 0 Å². The van der Waals surface area contributed by atoms with Gasteiger partial charge in [-0.1, -0.05) is 48.0 Å². The van der Waals surface area contributed by atoms with E-state index in [0.29, 0.717) is 18.4 Å². The molecule has 3 heteroatoms. The Bertz CT molecular complexity index is 291. The lowest BCUT2D eigenvalue weighted by molar-refractivity contribution is -0.159. The molecule has 0 rings (SSSR count). The summed E-state index contributed by atoms with van der Waals surface area (Å²) in [6.07, 6.45) is 3.15. The number of hydrogen-bond donors (Lipinski definition) is 0. The number of esters is 1. The highest BCUT2D eigenvalue weighted by atomic mass is 16.5. The second-order valence-corrected chi connectivity index (χ2v) is 6.86. The topological polar surface area (TPSA) is 29.5 Å². The van der Waals surface area contributed by atoms with Crippen LogP contribution in [0.3, 0.4) is 0 Å². The quantitative estimate of drug-likeness (QED) is 0.531. The Morgan fingerprint density at radius 1 is 1.14 bits per heavy atom. The minimum Gasteiger partial charge on any atom is -0.464 e. The third-order valence-corrected chi connectivity index (χ3v) is 4.84. The van der Waals surface area contributed by atoms with Gasteiger partial charge in [-0.25, -0.2) is 0 Å². The van der Waals surface area contributed by atoms with Crippen molar-refractivity contribution in [3.8, 4) is 0 Å². The summed E-state index contributed by atoms with van der Waals surface area (Å²) in [4.78, 5) is 14.9. The van der Waals surface area contributed by atoms with Crippen molar-refractivity contribution in [1.29, 1.82) is 0 Å². The van der Waals surface area contributed by atoms with Crippen molar-refractivity contribution in [2.45, 2.75) is 67.7 Å². The Kier molecular flexibility index (Phi) is 9.93. The Morgan fingerprint density at radius 2 is 1.76 bits per heavy atom. The highest BCUT2D eigenvalue weighted by Crippen LogP contribution is 2.36. The van der Waals surface area contributed by atoms with Gasteiger partial charge in [0.05, 0.1) is 5.41 Å². The second kappa shape index (κ2) is 10.2. The van der Waals surface area contributed by atoms with Crippen molar-refractivity contribution in [2.24, 2.45) is 17.3 Å². The van der Waals surface area contributed by atoms with E-state index >= 15 is 0 Å². The molecule has 0 N–H and O–H groups in total. The fraction of sp³-hybridized carbons (Fsp3) is 0.944. The second-order valence-electron chi connectivity index (χ2n) is 6.86. The first-order valence-electron chi connectivity index (χ1n) is 8.71. The average molecular weight is 299 g/mol. The minimum atomic E-state index is -0.364. The maximum Gasteiger partial charge on any atom is 0.312 e. The van der Waals surface area contributed by atoms with Gasteiger partial charge in [0.25, 0.3) is 0 Å². The molecule has 0 heterocycles. The van der Waals surface area contributed by atoms with Crippen LogP contribution >= 0.6 is 0 Å². The van der Waals surface area contributed by atoms with Crippen LogP contribution in [0.4, 0.5) is 0 Å². The molecule has 0 aromatic heterocycles. The number of ether oxygens (including phenoxy) is 1. The van der Waals surface area contributed by atoms with Crippen LogP contribution in [0.2, 0.25) is 0 Å². The SMILES string of the molecule is CCCN(CC)CCOC(=O)C(C)(CC(C)CC)C(C)C. The van der Waals surface area contributed by atoms with E-state index in [2.05, 4.69) is 53.4 Å². The van der Waals surface area contributed by atoms with E-state index in [-0.39, 0.29) is 11.4 Å². The molecule has 0 saturated heterocycles. The molecule has 21 heavy (non-hydrogen) atoms. The minimum absolute atomic E-state index is 0.0228. The summed E-state index contributed by atoms with van der Waals surface area (Å²) in [5.74, 6) is 0.833. The molecule has 2 atom stereocenters. The smallest absolute Gasteiger partial charge is 0.312 e. The zero-order valence-electron chi connectivity index (χ0n) is 15.4. The first-order valence-corrected chi connectivity index (χ1v) is 8.71. The molecule has 0 fully saturated rings. The molecule has 0 spiro atoms. The number of likely N-dealkylation sites (N-methyl/N-ethyl adjacent to an activating group) is 1. The van der Waals surface area contributed by atoms with E-state index in [9.17, 15) is 4.79 Å².